The van der Waals surface area contributed by atoms with Crippen LogP contribution in [0.1, 0.15) is 81.1 Å². The summed E-state index contributed by atoms with van der Waals surface area (Å²) in [5.41, 5.74) is 9.07. The Labute approximate surface area is 187 Å². The lowest BCUT2D eigenvalue weighted by atomic mass is 9.93. The highest BCUT2D eigenvalue weighted by molar-refractivity contribution is 7.11. The van der Waals surface area contributed by atoms with E-state index in [9.17, 15) is 14.4 Å². The highest BCUT2D eigenvalue weighted by atomic mass is 32.1. The van der Waals surface area contributed by atoms with Crippen LogP contribution in [-0.2, 0) is 9.53 Å². The molecule has 0 N–H and O–H groups in total. The van der Waals surface area contributed by atoms with E-state index in [-0.39, 0.29) is 53.3 Å². The Kier molecular flexibility index (Phi) is 11.2. The van der Waals surface area contributed by atoms with Crippen LogP contribution >= 0.6 is 11.3 Å². The van der Waals surface area contributed by atoms with Crippen molar-refractivity contribution in [3.8, 4) is 0 Å². The first-order valence-electron chi connectivity index (χ1n) is 10.7. The molecule has 1 aromatic rings. The zero-order valence-electron chi connectivity index (χ0n) is 19.2. The number of rotatable bonds is 13. The van der Waals surface area contributed by atoms with E-state index in [2.05, 4.69) is 15.0 Å². The standard InChI is InChI=1S/C21H33N5O4S/c1-7-10-26(20(28)18(24-25-22)14(6)8-2)16(13(4)5)11-17(27)19-23-15(12-31-19)21(29)30-9-3/h12-14,16,18H,7-11H2,1-6H3/t14?,16-,18+/m1/s1. The number of Topliss-reactive ketones (excluding diaryl/α,β-unsaturated/α-hetero) is 1. The summed E-state index contributed by atoms with van der Waals surface area (Å²) in [6, 6.07) is -1.19. The molecule has 0 radical (unpaired) electrons. The Morgan fingerprint density at radius 3 is 2.45 bits per heavy atom. The van der Waals surface area contributed by atoms with E-state index in [4.69, 9.17) is 10.3 Å². The molecular formula is C21H33N5O4S. The smallest absolute Gasteiger partial charge is 0.357 e. The van der Waals surface area contributed by atoms with Crippen molar-refractivity contribution >= 4 is 29.0 Å². The number of esters is 1. The van der Waals surface area contributed by atoms with Crippen LogP contribution in [0, 0.1) is 11.8 Å². The van der Waals surface area contributed by atoms with Gasteiger partial charge >= 0.3 is 5.97 Å². The maximum atomic E-state index is 13.3. The van der Waals surface area contributed by atoms with Gasteiger partial charge in [-0.05, 0) is 30.7 Å². The predicted molar refractivity (Wildman–Crippen MR) is 120 cm³/mol. The van der Waals surface area contributed by atoms with E-state index in [1.807, 2.05) is 34.6 Å². The van der Waals surface area contributed by atoms with Crippen molar-refractivity contribution < 1.29 is 19.1 Å². The van der Waals surface area contributed by atoms with E-state index in [1.54, 1.807) is 11.8 Å². The fourth-order valence-corrected chi connectivity index (χ4v) is 3.96. The zero-order chi connectivity index (χ0) is 23.6. The van der Waals surface area contributed by atoms with Crippen molar-refractivity contribution in [3.63, 3.8) is 0 Å². The first kappa shape index (κ1) is 26.6. The molecule has 1 aromatic heterocycles. The molecule has 9 nitrogen and oxygen atoms in total. The lowest BCUT2D eigenvalue weighted by Gasteiger charge is -2.36. The van der Waals surface area contributed by atoms with Crippen molar-refractivity contribution in [1.82, 2.24) is 9.88 Å². The van der Waals surface area contributed by atoms with Crippen molar-refractivity contribution in [3.05, 3.63) is 26.5 Å². The summed E-state index contributed by atoms with van der Waals surface area (Å²) in [5, 5.41) is 5.48. The monoisotopic (exact) mass is 451 g/mol. The molecule has 0 fully saturated rings. The molecule has 1 rings (SSSR count). The van der Waals surface area contributed by atoms with Gasteiger partial charge in [-0.2, -0.15) is 0 Å². The van der Waals surface area contributed by atoms with Crippen molar-refractivity contribution in [2.24, 2.45) is 17.0 Å². The van der Waals surface area contributed by atoms with Gasteiger partial charge in [-0.15, -0.1) is 11.3 Å². The Bertz CT molecular complexity index is 803. The summed E-state index contributed by atoms with van der Waals surface area (Å²) in [6.45, 7) is 12.1. The molecule has 1 amide bonds. The van der Waals surface area contributed by atoms with Gasteiger partial charge in [0.2, 0.25) is 5.91 Å². The van der Waals surface area contributed by atoms with E-state index in [0.717, 1.165) is 11.3 Å². The first-order chi connectivity index (χ1) is 14.7. The number of hydrogen-bond acceptors (Lipinski definition) is 7. The summed E-state index contributed by atoms with van der Waals surface area (Å²) in [5.74, 6) is -1.18. The van der Waals surface area contributed by atoms with Gasteiger partial charge in [-0.1, -0.05) is 46.2 Å². The molecule has 10 heteroatoms. The highest BCUT2D eigenvalue weighted by Crippen LogP contribution is 2.24. The molecule has 0 aliphatic carbocycles. The fraction of sp³-hybridized carbons (Fsp3) is 0.714. The molecule has 172 valence electrons. The second kappa shape index (κ2) is 13.1. The van der Waals surface area contributed by atoms with Gasteiger partial charge in [0.1, 0.15) is 6.04 Å². The largest absolute Gasteiger partial charge is 0.461 e. The number of azide groups is 1. The van der Waals surface area contributed by atoms with Crippen LogP contribution in [0.2, 0.25) is 0 Å². The van der Waals surface area contributed by atoms with Crippen molar-refractivity contribution in [2.75, 3.05) is 13.2 Å². The molecule has 0 saturated carbocycles. The number of amides is 1. The van der Waals surface area contributed by atoms with E-state index in [1.165, 1.54) is 5.38 Å². The normalized spacial score (nSPS) is 13.8. The molecule has 0 bridgehead atoms. The van der Waals surface area contributed by atoms with Crippen LogP contribution in [0.3, 0.4) is 0 Å². The molecule has 0 aromatic carbocycles. The van der Waals surface area contributed by atoms with Crippen molar-refractivity contribution in [1.29, 1.82) is 0 Å². The maximum absolute atomic E-state index is 13.3. The van der Waals surface area contributed by atoms with Gasteiger partial charge in [0, 0.05) is 29.3 Å². The van der Waals surface area contributed by atoms with Crippen LogP contribution in [0.25, 0.3) is 10.4 Å². The first-order valence-corrected chi connectivity index (χ1v) is 11.6. The fourth-order valence-electron chi connectivity index (χ4n) is 3.22. The Morgan fingerprint density at radius 1 is 1.26 bits per heavy atom. The van der Waals surface area contributed by atoms with Gasteiger partial charge in [-0.25, -0.2) is 9.78 Å². The second-order valence-electron chi connectivity index (χ2n) is 7.76. The third-order valence-corrected chi connectivity index (χ3v) is 6.03. The quantitative estimate of drug-likeness (QED) is 0.139. The number of aromatic nitrogens is 1. The van der Waals surface area contributed by atoms with Gasteiger partial charge in [0.05, 0.1) is 6.61 Å². The zero-order valence-corrected chi connectivity index (χ0v) is 20.0. The Hall–Kier alpha value is -2.45. The predicted octanol–water partition coefficient (Wildman–Crippen LogP) is 4.88. The average Bonchev–Trinajstić information content (AvgIpc) is 3.24. The number of ether oxygens (including phenoxy) is 1. The number of thiazole rings is 1. The lowest BCUT2D eigenvalue weighted by Crippen LogP contribution is -2.49. The molecule has 3 atom stereocenters. The third kappa shape index (κ3) is 7.33. The van der Waals surface area contributed by atoms with Gasteiger partial charge < -0.3 is 9.64 Å². The lowest BCUT2D eigenvalue weighted by molar-refractivity contribution is -0.137. The van der Waals surface area contributed by atoms with Crippen LogP contribution in [0.5, 0.6) is 0 Å². The number of carbonyl (C=O) groups excluding carboxylic acids is 3. The van der Waals surface area contributed by atoms with E-state index in [0.29, 0.717) is 19.4 Å². The summed E-state index contributed by atoms with van der Waals surface area (Å²) in [7, 11) is 0. The minimum atomic E-state index is -0.812. The topological polar surface area (TPSA) is 125 Å². The molecule has 1 heterocycles. The van der Waals surface area contributed by atoms with Gasteiger partial charge in [0.15, 0.2) is 16.5 Å². The average molecular weight is 452 g/mol. The summed E-state index contributed by atoms with van der Waals surface area (Å²) < 4.78 is 4.93. The summed E-state index contributed by atoms with van der Waals surface area (Å²) >= 11 is 1.09. The molecule has 0 saturated heterocycles. The van der Waals surface area contributed by atoms with Crippen molar-refractivity contribution in [2.45, 2.75) is 72.9 Å². The van der Waals surface area contributed by atoms with Crippen LogP contribution in [0.4, 0.5) is 0 Å². The SMILES string of the molecule is CCCN(C(=O)[C@@H](N=[N+]=[N-])C(C)CC)[C@H](CC(=O)c1nc(C(=O)OCC)cs1)C(C)C. The van der Waals surface area contributed by atoms with Crippen LogP contribution < -0.4 is 0 Å². The Balaban J connectivity index is 3.15. The maximum Gasteiger partial charge on any atom is 0.357 e. The second-order valence-corrected chi connectivity index (χ2v) is 8.62. The minimum absolute atomic E-state index is 0.00686. The highest BCUT2D eigenvalue weighted by Gasteiger charge is 2.34. The summed E-state index contributed by atoms with van der Waals surface area (Å²) in [6.07, 6.45) is 1.47. The van der Waals surface area contributed by atoms with Gasteiger partial charge in [0.25, 0.3) is 0 Å². The Morgan fingerprint density at radius 2 is 1.94 bits per heavy atom. The molecule has 0 spiro atoms. The molecule has 1 unspecified atom stereocenters. The summed E-state index contributed by atoms with van der Waals surface area (Å²) in [4.78, 5) is 46.8. The van der Waals surface area contributed by atoms with E-state index >= 15 is 0 Å². The third-order valence-electron chi connectivity index (χ3n) is 5.15. The molecule has 0 aliphatic heterocycles. The minimum Gasteiger partial charge on any atom is -0.461 e. The molecule has 0 aliphatic rings. The number of ketones is 1. The van der Waals surface area contributed by atoms with Crippen LogP contribution in [0.15, 0.2) is 10.5 Å². The molecular weight excluding hydrogens is 418 g/mol. The number of nitrogens with zero attached hydrogens (tertiary/aromatic N) is 5. The number of carbonyl (C=O) groups is 3. The molecule has 31 heavy (non-hydrogen) atoms. The van der Waals surface area contributed by atoms with Gasteiger partial charge in [-0.3, -0.25) is 9.59 Å². The van der Waals surface area contributed by atoms with E-state index < -0.39 is 12.0 Å². The van der Waals surface area contributed by atoms with Crippen LogP contribution in [-0.4, -0.2) is 52.8 Å². The number of hydrogen-bond donors (Lipinski definition) is 0.